The first-order chi connectivity index (χ1) is 9.18. The van der Waals surface area contributed by atoms with E-state index in [1.165, 1.54) is 48.6 Å². The van der Waals surface area contributed by atoms with Crippen molar-refractivity contribution in [1.29, 1.82) is 0 Å². The van der Waals surface area contributed by atoms with Crippen LogP contribution in [0.5, 0.6) is 5.75 Å². The number of hydrogen-bond acceptors (Lipinski definition) is 1. The maximum atomic E-state index is 10.5. The second kappa shape index (κ2) is 4.53. The standard InChI is InChI=1S/C16H19OSe2/c17-15-6-13(19-18)1-2-14(15)16-7-10-3-11(8-16)5-12(4-10)9-16/h1-2,6,10-12,17H,3-5,7-9H2. The van der Waals surface area contributed by atoms with Crippen LogP contribution >= 0.6 is 0 Å². The Bertz CT molecular complexity index is 476. The molecule has 101 valence electrons. The Morgan fingerprint density at radius 2 is 1.63 bits per heavy atom. The first-order valence-corrected chi connectivity index (χ1v) is 12.5. The van der Waals surface area contributed by atoms with Crippen LogP contribution in [-0.4, -0.2) is 32.4 Å². The van der Waals surface area contributed by atoms with Crippen LogP contribution in [0.15, 0.2) is 18.2 Å². The van der Waals surface area contributed by atoms with Crippen LogP contribution in [0, 0.1) is 17.8 Å². The van der Waals surface area contributed by atoms with E-state index in [0.29, 0.717) is 24.3 Å². The van der Waals surface area contributed by atoms with E-state index in [0.717, 1.165) is 17.8 Å². The Labute approximate surface area is 128 Å². The molecule has 0 amide bonds. The summed E-state index contributed by atoms with van der Waals surface area (Å²) in [5.74, 6) is 3.38. The van der Waals surface area contributed by atoms with Gasteiger partial charge in [-0.25, -0.2) is 0 Å². The average molecular weight is 385 g/mol. The fraction of sp³-hybridized carbons (Fsp3) is 0.625. The van der Waals surface area contributed by atoms with E-state index in [9.17, 15) is 5.11 Å². The molecule has 4 saturated carbocycles. The second-order valence-corrected chi connectivity index (χ2v) is 10.1. The molecule has 0 atom stereocenters. The fourth-order valence-corrected chi connectivity index (χ4v) is 7.18. The number of rotatable bonds is 2. The van der Waals surface area contributed by atoms with E-state index in [1.54, 1.807) is 0 Å². The number of phenols is 1. The third-order valence-electron chi connectivity index (χ3n) is 5.68. The zero-order chi connectivity index (χ0) is 13.0. The molecule has 0 aliphatic heterocycles. The van der Waals surface area contributed by atoms with Crippen molar-refractivity contribution in [3.63, 3.8) is 0 Å². The van der Waals surface area contributed by atoms with E-state index in [1.807, 2.05) is 6.07 Å². The first kappa shape index (κ1) is 12.8. The Kier molecular flexibility index (Phi) is 3.05. The van der Waals surface area contributed by atoms with Crippen molar-refractivity contribution < 1.29 is 5.11 Å². The summed E-state index contributed by atoms with van der Waals surface area (Å²) in [5, 5.41) is 10.5. The molecular weight excluding hydrogens is 366 g/mol. The number of phenolic OH excluding ortho intramolecular Hbond substituents is 1. The van der Waals surface area contributed by atoms with Gasteiger partial charge in [0.25, 0.3) is 0 Å². The van der Waals surface area contributed by atoms with Gasteiger partial charge in [0.1, 0.15) is 0 Å². The molecule has 1 aromatic carbocycles. The molecule has 1 aromatic rings. The molecule has 4 fully saturated rings. The summed E-state index contributed by atoms with van der Waals surface area (Å²) in [5.41, 5.74) is 1.58. The van der Waals surface area contributed by atoms with Crippen molar-refractivity contribution in [2.45, 2.75) is 43.9 Å². The van der Waals surface area contributed by atoms with Crippen LogP contribution in [0.1, 0.15) is 44.1 Å². The summed E-state index contributed by atoms with van der Waals surface area (Å²) in [4.78, 5) is 0. The van der Waals surface area contributed by atoms with Gasteiger partial charge >= 0.3 is 128 Å². The second-order valence-electron chi connectivity index (χ2n) is 6.96. The van der Waals surface area contributed by atoms with Gasteiger partial charge in [0, 0.05) is 0 Å². The molecule has 19 heavy (non-hydrogen) atoms. The van der Waals surface area contributed by atoms with Crippen LogP contribution in [0.3, 0.4) is 0 Å². The Morgan fingerprint density at radius 3 is 2.11 bits per heavy atom. The van der Waals surface area contributed by atoms with Crippen LogP contribution in [-0.2, 0) is 5.41 Å². The van der Waals surface area contributed by atoms with E-state index in [4.69, 9.17) is 0 Å². The summed E-state index contributed by atoms with van der Waals surface area (Å²) in [6, 6.07) is 6.46. The van der Waals surface area contributed by atoms with Crippen molar-refractivity contribution >= 4 is 31.8 Å². The summed E-state index contributed by atoms with van der Waals surface area (Å²) >= 11 is 3.45. The normalized spacial score (nSPS) is 39.7. The summed E-state index contributed by atoms with van der Waals surface area (Å²) in [6.45, 7) is 0. The zero-order valence-electron chi connectivity index (χ0n) is 11.0. The van der Waals surface area contributed by atoms with E-state index in [2.05, 4.69) is 26.3 Å². The van der Waals surface area contributed by atoms with Crippen molar-refractivity contribution in [2.75, 3.05) is 0 Å². The number of aromatic hydroxyl groups is 1. The predicted molar refractivity (Wildman–Crippen MR) is 79.1 cm³/mol. The third kappa shape index (κ3) is 2.02. The van der Waals surface area contributed by atoms with Gasteiger partial charge in [0.2, 0.25) is 0 Å². The molecule has 0 aromatic heterocycles. The molecule has 0 spiro atoms. The molecule has 4 bridgehead atoms. The van der Waals surface area contributed by atoms with E-state index in [-0.39, 0.29) is 0 Å². The quantitative estimate of drug-likeness (QED) is 0.775. The van der Waals surface area contributed by atoms with E-state index >= 15 is 0 Å². The van der Waals surface area contributed by atoms with Gasteiger partial charge < -0.3 is 0 Å². The van der Waals surface area contributed by atoms with Gasteiger partial charge in [-0.15, -0.1) is 0 Å². The minimum atomic E-state index is 0.321. The molecule has 3 heteroatoms. The molecule has 1 radical (unpaired) electrons. The van der Waals surface area contributed by atoms with Crippen LogP contribution in [0.25, 0.3) is 0 Å². The average Bonchev–Trinajstić information content (AvgIpc) is 2.36. The molecule has 1 nitrogen and oxygen atoms in total. The van der Waals surface area contributed by atoms with Gasteiger partial charge in [-0.05, 0) is 0 Å². The van der Waals surface area contributed by atoms with Crippen LogP contribution < -0.4 is 4.46 Å². The Hall–Kier alpha value is 0.0590. The maximum absolute atomic E-state index is 10.5. The van der Waals surface area contributed by atoms with Gasteiger partial charge in [-0.3, -0.25) is 0 Å². The summed E-state index contributed by atoms with van der Waals surface area (Å²) < 4.78 is 1.26. The van der Waals surface area contributed by atoms with Gasteiger partial charge in [-0.1, -0.05) is 0 Å². The molecular formula is C16H19OSe2. The van der Waals surface area contributed by atoms with Crippen molar-refractivity contribution in [1.82, 2.24) is 0 Å². The number of benzene rings is 1. The fourth-order valence-electron chi connectivity index (χ4n) is 5.45. The van der Waals surface area contributed by atoms with Crippen molar-refractivity contribution in [3.8, 4) is 5.75 Å². The van der Waals surface area contributed by atoms with Crippen LogP contribution in [0.4, 0.5) is 0 Å². The summed E-state index contributed by atoms with van der Waals surface area (Å²) in [6.07, 6.45) is 8.38. The third-order valence-corrected chi connectivity index (χ3v) is 8.71. The predicted octanol–water partition coefficient (Wildman–Crippen LogP) is 2.27. The SMILES string of the molecule is Oc1cc([Se][Se])ccc1C12CC3CC(CC(C3)C1)C2. The monoisotopic (exact) mass is 387 g/mol. The van der Waals surface area contributed by atoms with E-state index < -0.39 is 0 Å². The zero-order valence-corrected chi connectivity index (χ0v) is 14.4. The van der Waals surface area contributed by atoms with Crippen molar-refractivity contribution in [2.24, 2.45) is 17.8 Å². The Morgan fingerprint density at radius 1 is 1.05 bits per heavy atom. The van der Waals surface area contributed by atoms with Crippen molar-refractivity contribution in [3.05, 3.63) is 23.8 Å². The van der Waals surface area contributed by atoms with Crippen LogP contribution in [0.2, 0.25) is 0 Å². The first-order valence-electron chi connectivity index (χ1n) is 7.32. The van der Waals surface area contributed by atoms with Gasteiger partial charge in [0.05, 0.1) is 0 Å². The molecule has 4 aliphatic rings. The minimum absolute atomic E-state index is 0.321. The molecule has 5 rings (SSSR count). The molecule has 0 saturated heterocycles. The van der Waals surface area contributed by atoms with Gasteiger partial charge in [0.15, 0.2) is 0 Å². The molecule has 0 heterocycles. The summed E-state index contributed by atoms with van der Waals surface area (Å²) in [7, 11) is 0. The number of hydrogen-bond donors (Lipinski definition) is 1. The molecule has 1 N–H and O–H groups in total. The molecule has 0 unspecified atom stereocenters. The van der Waals surface area contributed by atoms with Gasteiger partial charge in [-0.2, -0.15) is 0 Å². The topological polar surface area (TPSA) is 20.2 Å². The Balaban J connectivity index is 1.75. The molecule has 4 aliphatic carbocycles.